The molecular weight excluding hydrogens is 319 g/mol. The van der Waals surface area contributed by atoms with Crippen molar-refractivity contribution in [3.8, 4) is 11.1 Å². The first kappa shape index (κ1) is 12.6. The second kappa shape index (κ2) is 4.81. The first-order chi connectivity index (χ1) is 7.99. The molecule has 0 fully saturated rings. The van der Waals surface area contributed by atoms with Crippen molar-refractivity contribution in [3.05, 3.63) is 56.2 Å². The maximum atomic E-state index is 2.38. The van der Waals surface area contributed by atoms with Gasteiger partial charge in [0.05, 0.1) is 0 Å². The van der Waals surface area contributed by atoms with Crippen LogP contribution in [0, 0.1) is 31.3 Å². The predicted octanol–water partition coefficient (Wildman–Crippen LogP) is 5.19. The first-order valence-corrected chi connectivity index (χ1v) is 6.91. The van der Waals surface area contributed by atoms with Gasteiger partial charge >= 0.3 is 0 Å². The van der Waals surface area contributed by atoms with Gasteiger partial charge < -0.3 is 0 Å². The standard InChI is InChI=1S/C16H17I/c1-10-7-12(3)16(13(4)8-10)14-5-6-15(17)11(2)9-14/h5-9H,1-4H3. The van der Waals surface area contributed by atoms with Crippen molar-refractivity contribution < 1.29 is 0 Å². The van der Waals surface area contributed by atoms with Crippen LogP contribution in [-0.4, -0.2) is 0 Å². The van der Waals surface area contributed by atoms with Gasteiger partial charge in [-0.05, 0) is 84.2 Å². The third-order valence-corrected chi connectivity index (χ3v) is 4.33. The summed E-state index contributed by atoms with van der Waals surface area (Å²) in [5.41, 5.74) is 8.13. The molecule has 1 heteroatoms. The maximum Gasteiger partial charge on any atom is 0.0159 e. The van der Waals surface area contributed by atoms with E-state index >= 15 is 0 Å². The number of hydrogen-bond donors (Lipinski definition) is 0. The molecule has 0 N–H and O–H groups in total. The third kappa shape index (κ3) is 2.54. The van der Waals surface area contributed by atoms with Crippen LogP contribution in [0.15, 0.2) is 30.3 Å². The minimum absolute atomic E-state index is 1.33. The lowest BCUT2D eigenvalue weighted by Crippen LogP contribution is -1.91. The smallest absolute Gasteiger partial charge is 0.0159 e. The molecular formula is C16H17I. The number of aryl methyl sites for hydroxylation is 4. The van der Waals surface area contributed by atoms with E-state index in [0.29, 0.717) is 0 Å². The van der Waals surface area contributed by atoms with E-state index in [1.807, 2.05) is 0 Å². The summed E-state index contributed by atoms with van der Waals surface area (Å²) in [5, 5.41) is 0. The summed E-state index contributed by atoms with van der Waals surface area (Å²) in [7, 11) is 0. The molecule has 0 amide bonds. The molecule has 0 aliphatic rings. The van der Waals surface area contributed by atoms with Crippen LogP contribution in [0.5, 0.6) is 0 Å². The van der Waals surface area contributed by atoms with E-state index < -0.39 is 0 Å². The van der Waals surface area contributed by atoms with E-state index in [4.69, 9.17) is 0 Å². The second-order valence-corrected chi connectivity index (χ2v) is 5.90. The highest BCUT2D eigenvalue weighted by molar-refractivity contribution is 14.1. The fourth-order valence-electron chi connectivity index (χ4n) is 2.44. The zero-order valence-corrected chi connectivity index (χ0v) is 12.9. The summed E-state index contributed by atoms with van der Waals surface area (Å²) in [5.74, 6) is 0. The maximum absolute atomic E-state index is 2.38. The normalized spacial score (nSPS) is 10.6. The Labute approximate surface area is 117 Å². The highest BCUT2D eigenvalue weighted by atomic mass is 127. The van der Waals surface area contributed by atoms with Crippen LogP contribution < -0.4 is 0 Å². The Hall–Kier alpha value is -0.830. The molecule has 0 aliphatic carbocycles. The van der Waals surface area contributed by atoms with Gasteiger partial charge in [-0.2, -0.15) is 0 Å². The van der Waals surface area contributed by atoms with Crippen LogP contribution in [0.1, 0.15) is 22.3 Å². The van der Waals surface area contributed by atoms with Crippen molar-refractivity contribution in [2.45, 2.75) is 27.7 Å². The Kier molecular flexibility index (Phi) is 3.57. The Balaban J connectivity index is 2.64. The molecule has 17 heavy (non-hydrogen) atoms. The molecule has 0 spiro atoms. The summed E-state index contributed by atoms with van der Waals surface area (Å²) in [4.78, 5) is 0. The van der Waals surface area contributed by atoms with Crippen LogP contribution in [0.2, 0.25) is 0 Å². The molecule has 2 aromatic rings. The molecule has 2 rings (SSSR count). The van der Waals surface area contributed by atoms with Crippen molar-refractivity contribution >= 4 is 22.6 Å². The number of halogens is 1. The predicted molar refractivity (Wildman–Crippen MR) is 83.5 cm³/mol. The van der Waals surface area contributed by atoms with Crippen LogP contribution in [0.3, 0.4) is 0 Å². The Morgan fingerprint density at radius 1 is 0.765 bits per heavy atom. The van der Waals surface area contributed by atoms with Crippen LogP contribution in [0.4, 0.5) is 0 Å². The lowest BCUT2D eigenvalue weighted by Gasteiger charge is -2.12. The van der Waals surface area contributed by atoms with Gasteiger partial charge in [0.2, 0.25) is 0 Å². The zero-order chi connectivity index (χ0) is 12.6. The van der Waals surface area contributed by atoms with Crippen molar-refractivity contribution in [1.82, 2.24) is 0 Å². The monoisotopic (exact) mass is 336 g/mol. The molecule has 0 saturated heterocycles. The van der Waals surface area contributed by atoms with Crippen LogP contribution in [0.25, 0.3) is 11.1 Å². The molecule has 0 saturated carbocycles. The highest BCUT2D eigenvalue weighted by Gasteiger charge is 2.07. The van der Waals surface area contributed by atoms with Gasteiger partial charge in [-0.3, -0.25) is 0 Å². The van der Waals surface area contributed by atoms with Crippen LogP contribution >= 0.6 is 22.6 Å². The average Bonchev–Trinajstić information content (AvgIpc) is 2.21. The van der Waals surface area contributed by atoms with Gasteiger partial charge in [-0.1, -0.05) is 29.8 Å². The van der Waals surface area contributed by atoms with Gasteiger partial charge in [-0.25, -0.2) is 0 Å². The van der Waals surface area contributed by atoms with E-state index in [0.717, 1.165) is 0 Å². The Bertz CT molecular complexity index is 545. The largest absolute Gasteiger partial charge is 0.0557 e. The molecule has 0 nitrogen and oxygen atoms in total. The molecule has 0 aliphatic heterocycles. The van der Waals surface area contributed by atoms with Crippen molar-refractivity contribution in [2.75, 3.05) is 0 Å². The molecule has 0 atom stereocenters. The first-order valence-electron chi connectivity index (χ1n) is 5.83. The minimum Gasteiger partial charge on any atom is -0.0557 e. The Morgan fingerprint density at radius 2 is 1.35 bits per heavy atom. The van der Waals surface area contributed by atoms with E-state index in [1.165, 1.54) is 37.0 Å². The quantitative estimate of drug-likeness (QED) is 0.629. The zero-order valence-electron chi connectivity index (χ0n) is 10.8. The number of hydrogen-bond acceptors (Lipinski definition) is 0. The van der Waals surface area contributed by atoms with E-state index in [-0.39, 0.29) is 0 Å². The molecule has 0 aromatic heterocycles. The molecule has 88 valence electrons. The van der Waals surface area contributed by atoms with Crippen molar-refractivity contribution in [3.63, 3.8) is 0 Å². The summed E-state index contributed by atoms with van der Waals surface area (Å²) in [6.45, 7) is 8.72. The number of rotatable bonds is 1. The van der Waals surface area contributed by atoms with Crippen LogP contribution in [-0.2, 0) is 0 Å². The highest BCUT2D eigenvalue weighted by Crippen LogP contribution is 2.30. The number of benzene rings is 2. The van der Waals surface area contributed by atoms with Gasteiger partial charge in [-0.15, -0.1) is 0 Å². The fourth-order valence-corrected chi connectivity index (χ4v) is 2.77. The Morgan fingerprint density at radius 3 is 1.88 bits per heavy atom. The topological polar surface area (TPSA) is 0 Å². The van der Waals surface area contributed by atoms with E-state index in [2.05, 4.69) is 80.6 Å². The molecule has 0 heterocycles. The van der Waals surface area contributed by atoms with Crippen molar-refractivity contribution in [1.29, 1.82) is 0 Å². The third-order valence-electron chi connectivity index (χ3n) is 3.12. The summed E-state index contributed by atoms with van der Waals surface area (Å²) < 4.78 is 1.33. The van der Waals surface area contributed by atoms with Gasteiger partial charge in [0, 0.05) is 3.57 Å². The summed E-state index contributed by atoms with van der Waals surface area (Å²) in [6.07, 6.45) is 0. The molecule has 0 bridgehead atoms. The van der Waals surface area contributed by atoms with Gasteiger partial charge in [0.15, 0.2) is 0 Å². The molecule has 0 unspecified atom stereocenters. The molecule has 0 radical (unpaired) electrons. The fraction of sp³-hybridized carbons (Fsp3) is 0.250. The average molecular weight is 336 g/mol. The van der Waals surface area contributed by atoms with E-state index in [9.17, 15) is 0 Å². The second-order valence-electron chi connectivity index (χ2n) is 4.74. The van der Waals surface area contributed by atoms with Gasteiger partial charge in [0.1, 0.15) is 0 Å². The lowest BCUT2D eigenvalue weighted by molar-refractivity contribution is 1.31. The lowest BCUT2D eigenvalue weighted by atomic mass is 9.93. The minimum atomic E-state index is 1.33. The summed E-state index contributed by atoms with van der Waals surface area (Å²) >= 11 is 2.38. The van der Waals surface area contributed by atoms with Gasteiger partial charge in [0.25, 0.3) is 0 Å². The SMILES string of the molecule is Cc1cc(C)c(-c2ccc(I)c(C)c2)c(C)c1. The molecule has 2 aromatic carbocycles. The summed E-state index contributed by atoms with van der Waals surface area (Å²) in [6, 6.07) is 11.2. The van der Waals surface area contributed by atoms with E-state index in [1.54, 1.807) is 0 Å². The van der Waals surface area contributed by atoms with Crippen molar-refractivity contribution in [2.24, 2.45) is 0 Å².